The van der Waals surface area contributed by atoms with Crippen molar-refractivity contribution >= 4 is 11.6 Å². The van der Waals surface area contributed by atoms with Gasteiger partial charge in [-0.15, -0.1) is 18.2 Å². The first-order chi connectivity index (χ1) is 7.18. The summed E-state index contributed by atoms with van der Waals surface area (Å²) in [5, 5.41) is 0. The van der Waals surface area contributed by atoms with E-state index >= 15 is 0 Å². The molecule has 0 saturated carbocycles. The highest BCUT2D eigenvalue weighted by Gasteiger charge is 2.17. The third-order valence-corrected chi connectivity index (χ3v) is 3.76. The first-order valence-corrected chi connectivity index (χ1v) is 6.91. The molecule has 0 aromatic carbocycles. The van der Waals surface area contributed by atoms with Gasteiger partial charge in [-0.3, -0.25) is 0 Å². The van der Waals surface area contributed by atoms with Gasteiger partial charge in [-0.2, -0.15) is 0 Å². The average Bonchev–Trinajstić information content (AvgIpc) is 2.27. The standard InChI is InChI=1S/C14H27Cl/c1-4-6-7-8-9-10-11-12-14(3,5-2)13-15/h5H,2,4,6-13H2,1,3H3. The van der Waals surface area contributed by atoms with E-state index in [-0.39, 0.29) is 5.41 Å². The van der Waals surface area contributed by atoms with Crippen LogP contribution in [0.1, 0.15) is 65.2 Å². The minimum atomic E-state index is 0.158. The monoisotopic (exact) mass is 230 g/mol. The van der Waals surface area contributed by atoms with E-state index in [1.54, 1.807) is 0 Å². The van der Waals surface area contributed by atoms with Crippen LogP contribution in [-0.2, 0) is 0 Å². The zero-order chi connectivity index (χ0) is 11.6. The lowest BCUT2D eigenvalue weighted by Gasteiger charge is -2.22. The van der Waals surface area contributed by atoms with Gasteiger partial charge in [-0.05, 0) is 11.8 Å². The fourth-order valence-corrected chi connectivity index (χ4v) is 1.95. The Labute approximate surface area is 101 Å². The molecular weight excluding hydrogens is 204 g/mol. The number of allylic oxidation sites excluding steroid dienone is 1. The summed E-state index contributed by atoms with van der Waals surface area (Å²) in [5.41, 5.74) is 0.158. The molecule has 0 radical (unpaired) electrons. The molecule has 0 N–H and O–H groups in total. The van der Waals surface area contributed by atoms with E-state index in [1.807, 2.05) is 6.08 Å². The summed E-state index contributed by atoms with van der Waals surface area (Å²) < 4.78 is 0. The zero-order valence-electron chi connectivity index (χ0n) is 10.5. The smallest absolute Gasteiger partial charge is 0.0311 e. The summed E-state index contributed by atoms with van der Waals surface area (Å²) in [6, 6.07) is 0. The first kappa shape index (κ1) is 15.0. The fraction of sp³-hybridized carbons (Fsp3) is 0.857. The van der Waals surface area contributed by atoms with Crippen LogP contribution in [0.4, 0.5) is 0 Å². The number of rotatable bonds is 10. The van der Waals surface area contributed by atoms with Crippen molar-refractivity contribution in [2.75, 3.05) is 5.88 Å². The molecule has 0 saturated heterocycles. The molecule has 1 unspecified atom stereocenters. The lowest BCUT2D eigenvalue weighted by atomic mass is 9.87. The molecule has 0 aromatic heterocycles. The van der Waals surface area contributed by atoms with E-state index in [9.17, 15) is 0 Å². The van der Waals surface area contributed by atoms with Crippen molar-refractivity contribution in [2.24, 2.45) is 5.41 Å². The molecule has 0 heterocycles. The molecule has 1 heteroatoms. The molecule has 1 atom stereocenters. The quantitative estimate of drug-likeness (QED) is 0.262. The van der Waals surface area contributed by atoms with Crippen LogP contribution in [0.2, 0.25) is 0 Å². The molecule has 0 rings (SSSR count). The molecule has 0 aliphatic carbocycles. The summed E-state index contributed by atoms with van der Waals surface area (Å²) in [4.78, 5) is 0. The lowest BCUT2D eigenvalue weighted by Crippen LogP contribution is -2.14. The number of unbranched alkanes of at least 4 members (excludes halogenated alkanes) is 6. The van der Waals surface area contributed by atoms with Crippen molar-refractivity contribution in [3.63, 3.8) is 0 Å². The lowest BCUT2D eigenvalue weighted by molar-refractivity contribution is 0.413. The second kappa shape index (κ2) is 9.27. The van der Waals surface area contributed by atoms with Gasteiger partial charge in [0.1, 0.15) is 0 Å². The Morgan fingerprint density at radius 2 is 1.60 bits per heavy atom. The van der Waals surface area contributed by atoms with Gasteiger partial charge < -0.3 is 0 Å². The summed E-state index contributed by atoms with van der Waals surface area (Å²) in [7, 11) is 0. The Kier molecular flexibility index (Phi) is 9.29. The minimum absolute atomic E-state index is 0.158. The van der Waals surface area contributed by atoms with Gasteiger partial charge in [-0.25, -0.2) is 0 Å². The molecule has 0 aliphatic rings. The van der Waals surface area contributed by atoms with E-state index in [0.717, 1.165) is 0 Å². The average molecular weight is 231 g/mol. The molecule has 0 bridgehead atoms. The number of alkyl halides is 1. The van der Waals surface area contributed by atoms with Crippen molar-refractivity contribution in [1.82, 2.24) is 0 Å². The number of hydrogen-bond acceptors (Lipinski definition) is 0. The van der Waals surface area contributed by atoms with Crippen molar-refractivity contribution in [3.05, 3.63) is 12.7 Å². The van der Waals surface area contributed by atoms with E-state index in [1.165, 1.54) is 51.4 Å². The van der Waals surface area contributed by atoms with E-state index in [0.29, 0.717) is 5.88 Å². The zero-order valence-corrected chi connectivity index (χ0v) is 11.3. The Hall–Kier alpha value is 0.0300. The third kappa shape index (κ3) is 7.90. The summed E-state index contributed by atoms with van der Waals surface area (Å²) in [6.45, 7) is 8.32. The van der Waals surface area contributed by atoms with Crippen molar-refractivity contribution < 1.29 is 0 Å². The van der Waals surface area contributed by atoms with Crippen LogP contribution < -0.4 is 0 Å². The van der Waals surface area contributed by atoms with Gasteiger partial charge >= 0.3 is 0 Å². The topological polar surface area (TPSA) is 0 Å². The molecule has 15 heavy (non-hydrogen) atoms. The van der Waals surface area contributed by atoms with Gasteiger partial charge in [0.2, 0.25) is 0 Å². The fourth-order valence-electron chi connectivity index (χ4n) is 1.71. The third-order valence-electron chi connectivity index (χ3n) is 3.15. The number of halogens is 1. The van der Waals surface area contributed by atoms with Gasteiger partial charge in [-0.1, -0.05) is 64.9 Å². The SMILES string of the molecule is C=CC(C)(CCl)CCCCCCCCC. The highest BCUT2D eigenvalue weighted by Crippen LogP contribution is 2.27. The summed E-state index contributed by atoms with van der Waals surface area (Å²) in [6.07, 6.45) is 12.8. The normalized spacial score (nSPS) is 14.9. The van der Waals surface area contributed by atoms with Crippen LogP contribution >= 0.6 is 11.6 Å². The number of hydrogen-bond donors (Lipinski definition) is 0. The van der Waals surface area contributed by atoms with Crippen molar-refractivity contribution in [3.8, 4) is 0 Å². The summed E-state index contributed by atoms with van der Waals surface area (Å²) in [5.74, 6) is 0.701. The largest absolute Gasteiger partial charge is 0.126 e. The van der Waals surface area contributed by atoms with E-state index in [2.05, 4.69) is 20.4 Å². The van der Waals surface area contributed by atoms with Crippen LogP contribution in [0.3, 0.4) is 0 Å². The second-order valence-corrected chi connectivity index (χ2v) is 5.13. The van der Waals surface area contributed by atoms with Crippen LogP contribution in [0.25, 0.3) is 0 Å². The van der Waals surface area contributed by atoms with Crippen LogP contribution in [-0.4, -0.2) is 5.88 Å². The molecule has 0 aliphatic heterocycles. The molecular formula is C14H27Cl. The van der Waals surface area contributed by atoms with Crippen LogP contribution in [0.5, 0.6) is 0 Å². The second-order valence-electron chi connectivity index (χ2n) is 4.86. The minimum Gasteiger partial charge on any atom is -0.126 e. The molecule has 0 fully saturated rings. The molecule has 0 nitrogen and oxygen atoms in total. The van der Waals surface area contributed by atoms with Crippen molar-refractivity contribution in [1.29, 1.82) is 0 Å². The highest BCUT2D eigenvalue weighted by molar-refractivity contribution is 6.18. The first-order valence-electron chi connectivity index (χ1n) is 6.38. The van der Waals surface area contributed by atoms with Crippen molar-refractivity contribution in [2.45, 2.75) is 65.2 Å². The Bertz CT molecular complexity index is 153. The molecule has 0 spiro atoms. The van der Waals surface area contributed by atoms with Crippen LogP contribution in [0.15, 0.2) is 12.7 Å². The van der Waals surface area contributed by atoms with Gasteiger partial charge in [0.25, 0.3) is 0 Å². The maximum Gasteiger partial charge on any atom is 0.0311 e. The van der Waals surface area contributed by atoms with Gasteiger partial charge in [0.15, 0.2) is 0 Å². The van der Waals surface area contributed by atoms with E-state index < -0.39 is 0 Å². The maximum absolute atomic E-state index is 5.92. The Balaban J connectivity index is 3.33. The Morgan fingerprint density at radius 3 is 2.07 bits per heavy atom. The molecule has 90 valence electrons. The van der Waals surface area contributed by atoms with Gasteiger partial charge in [0, 0.05) is 5.88 Å². The molecule has 0 aromatic rings. The van der Waals surface area contributed by atoms with Gasteiger partial charge in [0.05, 0.1) is 0 Å². The molecule has 0 amide bonds. The van der Waals surface area contributed by atoms with Crippen LogP contribution in [0, 0.1) is 5.41 Å². The summed E-state index contributed by atoms with van der Waals surface area (Å²) >= 11 is 5.92. The highest BCUT2D eigenvalue weighted by atomic mass is 35.5. The van der Waals surface area contributed by atoms with E-state index in [4.69, 9.17) is 11.6 Å². The predicted octanol–water partition coefficient (Wildman–Crippen LogP) is 5.56. The Morgan fingerprint density at radius 1 is 1.07 bits per heavy atom. The maximum atomic E-state index is 5.92. The predicted molar refractivity (Wildman–Crippen MR) is 71.6 cm³/mol.